The number of carbonyl (C=O) groups excluding carboxylic acids is 2. The van der Waals surface area contributed by atoms with Crippen molar-refractivity contribution in [1.82, 2.24) is 15.1 Å². The molecule has 2 fully saturated rings. The number of urea groups is 1. The normalized spacial score (nSPS) is 25.8. The fraction of sp³-hybridized carbons (Fsp3) is 0.571. The predicted molar refractivity (Wildman–Crippen MR) is 82.2 cm³/mol. The van der Waals surface area contributed by atoms with Crippen molar-refractivity contribution in [2.45, 2.75) is 31.8 Å². The first-order valence-corrected chi connectivity index (χ1v) is 8.16. The van der Waals surface area contributed by atoms with E-state index in [1.54, 1.807) is 0 Å². The van der Waals surface area contributed by atoms with E-state index in [0.29, 0.717) is 19.1 Å². The van der Waals surface area contributed by atoms with Gasteiger partial charge in [0.05, 0.1) is 11.0 Å². The molecule has 1 aromatic rings. The number of imide groups is 1. The number of hydrogen-bond acceptors (Lipinski definition) is 4. The molecule has 1 saturated heterocycles. The first kappa shape index (κ1) is 14.8. The van der Waals surface area contributed by atoms with E-state index in [-0.39, 0.29) is 11.9 Å². The molecule has 7 heteroatoms. The zero-order chi connectivity index (χ0) is 15.2. The first-order valence-electron chi connectivity index (χ1n) is 6.97. The number of carbonyl (C=O) groups is 2. The Morgan fingerprint density at radius 2 is 2.19 bits per heavy atom. The fourth-order valence-electron chi connectivity index (χ4n) is 2.78. The van der Waals surface area contributed by atoms with E-state index in [1.165, 1.54) is 16.2 Å². The number of hydrogen-bond donors (Lipinski definition) is 1. The Labute approximate surface area is 132 Å². The molecule has 0 bridgehead atoms. The highest BCUT2D eigenvalue weighted by Gasteiger charge is 2.56. The van der Waals surface area contributed by atoms with Crippen molar-refractivity contribution in [3.05, 3.63) is 21.3 Å². The quantitative estimate of drug-likeness (QED) is 0.845. The molecule has 0 aromatic carbocycles. The van der Waals surface area contributed by atoms with Crippen molar-refractivity contribution in [3.8, 4) is 0 Å². The van der Waals surface area contributed by atoms with Crippen molar-refractivity contribution in [1.29, 1.82) is 0 Å². The SMILES string of the molecule is CN(Cc1ccc(Cl)s1)CN1C(=O)N[C@@](C)(C2CC2)C1=O. The highest BCUT2D eigenvalue weighted by atomic mass is 35.5. The molecule has 1 saturated carbocycles. The van der Waals surface area contributed by atoms with Crippen molar-refractivity contribution >= 4 is 34.9 Å². The van der Waals surface area contributed by atoms with Gasteiger partial charge in [-0.25, -0.2) is 9.69 Å². The lowest BCUT2D eigenvalue weighted by molar-refractivity contribution is -0.132. The highest BCUT2D eigenvalue weighted by Crippen LogP contribution is 2.42. The zero-order valence-corrected chi connectivity index (χ0v) is 13.6. The molecule has 2 heterocycles. The molecule has 114 valence electrons. The lowest BCUT2D eigenvalue weighted by atomic mass is 9.96. The lowest BCUT2D eigenvalue weighted by Crippen LogP contribution is -2.46. The molecule has 1 aliphatic heterocycles. The average molecular weight is 328 g/mol. The Morgan fingerprint density at radius 3 is 2.76 bits per heavy atom. The number of nitrogens with one attached hydrogen (secondary N) is 1. The van der Waals surface area contributed by atoms with Crippen molar-refractivity contribution < 1.29 is 9.59 Å². The van der Waals surface area contributed by atoms with Crippen LogP contribution in [0, 0.1) is 5.92 Å². The van der Waals surface area contributed by atoms with E-state index >= 15 is 0 Å². The van der Waals surface area contributed by atoms with Gasteiger partial charge in [0.25, 0.3) is 5.91 Å². The third kappa shape index (κ3) is 2.80. The van der Waals surface area contributed by atoms with Crippen LogP contribution in [0.1, 0.15) is 24.6 Å². The summed E-state index contributed by atoms with van der Waals surface area (Å²) < 4.78 is 0.745. The Morgan fingerprint density at radius 1 is 1.48 bits per heavy atom. The van der Waals surface area contributed by atoms with E-state index in [9.17, 15) is 9.59 Å². The molecule has 3 rings (SSSR count). The van der Waals surface area contributed by atoms with Crippen LogP contribution < -0.4 is 5.32 Å². The summed E-state index contributed by atoms with van der Waals surface area (Å²) in [4.78, 5) is 28.9. The third-order valence-corrected chi connectivity index (χ3v) is 5.35. The van der Waals surface area contributed by atoms with Crippen LogP contribution in [0.15, 0.2) is 12.1 Å². The predicted octanol–water partition coefficient (Wildman–Crippen LogP) is 2.51. The first-order chi connectivity index (χ1) is 9.90. The van der Waals surface area contributed by atoms with Gasteiger partial charge >= 0.3 is 6.03 Å². The van der Waals surface area contributed by atoms with Crippen LogP contribution in [0.2, 0.25) is 4.34 Å². The molecular formula is C14H18ClN3O2S. The van der Waals surface area contributed by atoms with E-state index in [4.69, 9.17) is 11.6 Å². The third-order valence-electron chi connectivity index (χ3n) is 4.13. The molecule has 3 amide bonds. The van der Waals surface area contributed by atoms with Crippen LogP contribution >= 0.6 is 22.9 Å². The van der Waals surface area contributed by atoms with Gasteiger partial charge in [-0.05, 0) is 44.9 Å². The second-order valence-electron chi connectivity index (χ2n) is 6.00. The van der Waals surface area contributed by atoms with Crippen LogP contribution in [-0.2, 0) is 11.3 Å². The summed E-state index contributed by atoms with van der Waals surface area (Å²) >= 11 is 7.42. The largest absolute Gasteiger partial charge is 0.326 e. The maximum absolute atomic E-state index is 12.5. The molecular weight excluding hydrogens is 310 g/mol. The minimum absolute atomic E-state index is 0.105. The van der Waals surface area contributed by atoms with Gasteiger partial charge in [0.1, 0.15) is 5.54 Å². The number of rotatable bonds is 5. The van der Waals surface area contributed by atoms with Gasteiger partial charge in [-0.15, -0.1) is 11.3 Å². The Hall–Kier alpha value is -1.11. The Balaban J connectivity index is 1.64. The summed E-state index contributed by atoms with van der Waals surface area (Å²) in [6.45, 7) is 2.79. The molecule has 1 N–H and O–H groups in total. The number of amides is 3. The standard InChI is InChI=1S/C14H18ClN3O2S/c1-14(9-3-4-9)12(19)18(13(20)16-14)8-17(2)7-10-5-6-11(15)21-10/h5-6,9H,3-4,7-8H2,1-2H3,(H,16,20)/t14-/m0/s1. The second-order valence-corrected chi connectivity index (χ2v) is 7.80. The number of thiophene rings is 1. The topological polar surface area (TPSA) is 52.6 Å². The second kappa shape index (κ2) is 5.26. The molecule has 21 heavy (non-hydrogen) atoms. The Bertz CT molecular complexity index is 587. The minimum Gasteiger partial charge on any atom is -0.323 e. The summed E-state index contributed by atoms with van der Waals surface area (Å²) in [5.41, 5.74) is -0.704. The van der Waals surface area contributed by atoms with Crippen LogP contribution in [0.5, 0.6) is 0 Å². The van der Waals surface area contributed by atoms with E-state index < -0.39 is 5.54 Å². The average Bonchev–Trinajstić information content (AvgIpc) is 3.16. The summed E-state index contributed by atoms with van der Waals surface area (Å²) in [6, 6.07) is 3.53. The molecule has 0 unspecified atom stereocenters. The summed E-state index contributed by atoms with van der Waals surface area (Å²) in [6.07, 6.45) is 2.03. The van der Waals surface area contributed by atoms with Crippen LogP contribution in [0.4, 0.5) is 4.79 Å². The number of halogens is 1. The highest BCUT2D eigenvalue weighted by molar-refractivity contribution is 7.16. The number of nitrogens with zero attached hydrogens (tertiary/aromatic N) is 2. The molecule has 0 radical (unpaired) electrons. The van der Waals surface area contributed by atoms with E-state index in [2.05, 4.69) is 5.32 Å². The Kier molecular flexibility index (Phi) is 3.71. The van der Waals surface area contributed by atoms with Crippen LogP contribution in [0.3, 0.4) is 0 Å². The van der Waals surface area contributed by atoms with Gasteiger partial charge in [0.15, 0.2) is 0 Å². The molecule has 0 spiro atoms. The maximum atomic E-state index is 12.5. The van der Waals surface area contributed by atoms with Crippen molar-refractivity contribution in [2.75, 3.05) is 13.7 Å². The van der Waals surface area contributed by atoms with Gasteiger partial charge in [-0.3, -0.25) is 9.69 Å². The summed E-state index contributed by atoms with van der Waals surface area (Å²) in [5.74, 6) is 0.187. The summed E-state index contributed by atoms with van der Waals surface area (Å²) in [5, 5.41) is 2.86. The van der Waals surface area contributed by atoms with Crippen LogP contribution in [-0.4, -0.2) is 41.0 Å². The van der Waals surface area contributed by atoms with Gasteiger partial charge in [0.2, 0.25) is 0 Å². The molecule has 2 aliphatic rings. The monoisotopic (exact) mass is 327 g/mol. The minimum atomic E-state index is -0.704. The molecule has 1 aliphatic carbocycles. The zero-order valence-electron chi connectivity index (χ0n) is 12.1. The molecule has 1 atom stereocenters. The van der Waals surface area contributed by atoms with Crippen LogP contribution in [0.25, 0.3) is 0 Å². The van der Waals surface area contributed by atoms with E-state index in [1.807, 2.05) is 31.0 Å². The van der Waals surface area contributed by atoms with Crippen molar-refractivity contribution in [2.24, 2.45) is 5.92 Å². The fourth-order valence-corrected chi connectivity index (χ4v) is 3.94. The molecule has 5 nitrogen and oxygen atoms in total. The summed E-state index contributed by atoms with van der Waals surface area (Å²) in [7, 11) is 1.89. The van der Waals surface area contributed by atoms with Gasteiger partial charge in [0, 0.05) is 11.4 Å². The van der Waals surface area contributed by atoms with Gasteiger partial charge in [-0.1, -0.05) is 11.6 Å². The smallest absolute Gasteiger partial charge is 0.323 e. The van der Waals surface area contributed by atoms with Gasteiger partial charge < -0.3 is 5.32 Å². The lowest BCUT2D eigenvalue weighted by Gasteiger charge is -2.24. The van der Waals surface area contributed by atoms with Gasteiger partial charge in [-0.2, -0.15) is 0 Å². The maximum Gasteiger partial charge on any atom is 0.326 e. The molecule has 1 aromatic heterocycles. The van der Waals surface area contributed by atoms with Crippen molar-refractivity contribution in [3.63, 3.8) is 0 Å². The van der Waals surface area contributed by atoms with E-state index in [0.717, 1.165) is 22.1 Å².